The molecule has 0 aliphatic carbocycles. The second kappa shape index (κ2) is 8.63. The largest absolute Gasteiger partial charge is 0.377 e. The van der Waals surface area contributed by atoms with Crippen LogP contribution in [0.25, 0.3) is 21.5 Å². The minimum atomic E-state index is 0.513. The van der Waals surface area contributed by atoms with Crippen molar-refractivity contribution >= 4 is 32.9 Å². The van der Waals surface area contributed by atoms with E-state index in [4.69, 9.17) is 0 Å². The number of rotatable bonds is 6. The summed E-state index contributed by atoms with van der Waals surface area (Å²) in [4.78, 5) is 4.62. The highest BCUT2D eigenvalue weighted by molar-refractivity contribution is 5.99. The Labute approximate surface area is 187 Å². The Balaban J connectivity index is 1.82. The fraction of sp³-hybridized carbons (Fsp3) is 0.310. The smallest absolute Gasteiger partial charge is 0.0446 e. The van der Waals surface area contributed by atoms with Gasteiger partial charge in [-0.3, -0.25) is 0 Å². The third-order valence-electron chi connectivity index (χ3n) is 6.43. The molecule has 4 aromatic rings. The first-order valence-corrected chi connectivity index (χ1v) is 11.4. The second-order valence-corrected chi connectivity index (χ2v) is 9.06. The molecule has 0 saturated heterocycles. The molecule has 4 aromatic carbocycles. The summed E-state index contributed by atoms with van der Waals surface area (Å²) in [5, 5.41) is 5.45. The van der Waals surface area contributed by atoms with E-state index in [-0.39, 0.29) is 0 Å². The van der Waals surface area contributed by atoms with Crippen LogP contribution >= 0.6 is 0 Å². The van der Waals surface area contributed by atoms with Crippen LogP contribution in [-0.2, 0) is 13.0 Å². The van der Waals surface area contributed by atoms with Gasteiger partial charge in [0.1, 0.15) is 0 Å². The lowest BCUT2D eigenvalue weighted by Gasteiger charge is -2.25. The SMILES string of the molecule is CCc1ccc(N(C)C)c2cccc(CN(C)c3cccc4c(C(C)C)cccc34)c12. The molecule has 0 N–H and O–H groups in total. The van der Waals surface area contributed by atoms with E-state index in [9.17, 15) is 0 Å². The van der Waals surface area contributed by atoms with Crippen LogP contribution in [0.2, 0.25) is 0 Å². The summed E-state index contributed by atoms with van der Waals surface area (Å²) in [6.07, 6.45) is 1.04. The van der Waals surface area contributed by atoms with E-state index in [0.717, 1.165) is 13.0 Å². The maximum absolute atomic E-state index is 2.41. The first-order chi connectivity index (χ1) is 14.9. The molecule has 4 rings (SSSR count). The molecule has 0 unspecified atom stereocenters. The van der Waals surface area contributed by atoms with Crippen LogP contribution in [0.5, 0.6) is 0 Å². The highest BCUT2D eigenvalue weighted by Crippen LogP contribution is 2.35. The molecule has 31 heavy (non-hydrogen) atoms. The van der Waals surface area contributed by atoms with Gasteiger partial charge in [-0.15, -0.1) is 0 Å². The Kier molecular flexibility index (Phi) is 5.91. The summed E-state index contributed by atoms with van der Waals surface area (Å²) in [6.45, 7) is 7.68. The van der Waals surface area contributed by atoms with E-state index in [1.54, 1.807) is 0 Å². The highest BCUT2D eigenvalue weighted by atomic mass is 15.1. The molecule has 0 atom stereocenters. The molecular weight excluding hydrogens is 376 g/mol. The van der Waals surface area contributed by atoms with Crippen LogP contribution in [0, 0.1) is 0 Å². The molecule has 0 bridgehead atoms. The van der Waals surface area contributed by atoms with Crippen LogP contribution < -0.4 is 9.80 Å². The monoisotopic (exact) mass is 410 g/mol. The maximum Gasteiger partial charge on any atom is 0.0446 e. The molecule has 0 aliphatic heterocycles. The highest BCUT2D eigenvalue weighted by Gasteiger charge is 2.14. The van der Waals surface area contributed by atoms with Crippen molar-refractivity contribution in [1.82, 2.24) is 0 Å². The molecule has 0 aliphatic rings. The Morgan fingerprint density at radius 1 is 0.677 bits per heavy atom. The van der Waals surface area contributed by atoms with Gasteiger partial charge in [0.25, 0.3) is 0 Å². The van der Waals surface area contributed by atoms with Gasteiger partial charge in [-0.05, 0) is 51.9 Å². The average Bonchev–Trinajstić information content (AvgIpc) is 2.77. The summed E-state index contributed by atoms with van der Waals surface area (Å²) < 4.78 is 0. The Hall–Kier alpha value is -3.00. The van der Waals surface area contributed by atoms with Gasteiger partial charge in [-0.2, -0.15) is 0 Å². The summed E-state index contributed by atoms with van der Waals surface area (Å²) in [5.74, 6) is 0.513. The van der Waals surface area contributed by atoms with Crippen molar-refractivity contribution in [2.24, 2.45) is 0 Å². The van der Waals surface area contributed by atoms with Crippen molar-refractivity contribution in [2.75, 3.05) is 30.9 Å². The molecule has 0 saturated carbocycles. The third kappa shape index (κ3) is 3.87. The Morgan fingerprint density at radius 2 is 1.35 bits per heavy atom. The lowest BCUT2D eigenvalue weighted by atomic mass is 9.94. The Bertz CT molecular complexity index is 1220. The number of benzene rings is 4. The van der Waals surface area contributed by atoms with E-state index >= 15 is 0 Å². The molecule has 0 heterocycles. The van der Waals surface area contributed by atoms with Crippen LogP contribution in [0.1, 0.15) is 43.4 Å². The lowest BCUT2D eigenvalue weighted by molar-refractivity contribution is 0.876. The zero-order valence-electron chi connectivity index (χ0n) is 19.7. The van der Waals surface area contributed by atoms with Crippen LogP contribution in [0.4, 0.5) is 11.4 Å². The van der Waals surface area contributed by atoms with Crippen molar-refractivity contribution in [1.29, 1.82) is 0 Å². The van der Waals surface area contributed by atoms with E-state index in [1.165, 1.54) is 49.6 Å². The molecule has 0 aromatic heterocycles. The van der Waals surface area contributed by atoms with Crippen LogP contribution in [0.3, 0.4) is 0 Å². The number of fused-ring (bicyclic) bond motifs is 2. The minimum absolute atomic E-state index is 0.513. The maximum atomic E-state index is 2.41. The second-order valence-electron chi connectivity index (χ2n) is 9.06. The van der Waals surface area contributed by atoms with Crippen molar-refractivity contribution < 1.29 is 0 Å². The van der Waals surface area contributed by atoms with E-state index in [2.05, 4.69) is 118 Å². The fourth-order valence-corrected chi connectivity index (χ4v) is 4.86. The average molecular weight is 411 g/mol. The van der Waals surface area contributed by atoms with Crippen molar-refractivity contribution in [2.45, 2.75) is 39.7 Å². The fourth-order valence-electron chi connectivity index (χ4n) is 4.86. The lowest BCUT2D eigenvalue weighted by Crippen LogP contribution is -2.17. The molecule has 0 radical (unpaired) electrons. The zero-order valence-corrected chi connectivity index (χ0v) is 19.7. The molecule has 2 heteroatoms. The summed E-state index contributed by atoms with van der Waals surface area (Å²) in [6, 6.07) is 24.8. The predicted molar refractivity (Wildman–Crippen MR) is 138 cm³/mol. The number of anilines is 2. The minimum Gasteiger partial charge on any atom is -0.377 e. The molecule has 0 amide bonds. The topological polar surface area (TPSA) is 6.48 Å². The third-order valence-corrected chi connectivity index (χ3v) is 6.43. The number of nitrogens with zero attached hydrogens (tertiary/aromatic N) is 2. The quantitative estimate of drug-likeness (QED) is 0.327. The van der Waals surface area contributed by atoms with E-state index in [0.29, 0.717) is 5.92 Å². The molecule has 0 fully saturated rings. The summed E-state index contributed by atoms with van der Waals surface area (Å²) in [7, 11) is 6.47. The normalized spacial score (nSPS) is 11.5. The first kappa shape index (κ1) is 21.2. The predicted octanol–water partition coefficient (Wildman–Crippen LogP) is 7.38. The van der Waals surface area contributed by atoms with Gasteiger partial charge in [-0.1, -0.05) is 75.4 Å². The molecule has 2 nitrogen and oxygen atoms in total. The van der Waals surface area contributed by atoms with Crippen LogP contribution in [0.15, 0.2) is 66.7 Å². The zero-order chi connectivity index (χ0) is 22.1. The number of hydrogen-bond acceptors (Lipinski definition) is 2. The van der Waals surface area contributed by atoms with Crippen molar-refractivity contribution in [3.63, 3.8) is 0 Å². The van der Waals surface area contributed by atoms with Gasteiger partial charge in [0.05, 0.1) is 0 Å². The van der Waals surface area contributed by atoms with Crippen molar-refractivity contribution in [3.8, 4) is 0 Å². The van der Waals surface area contributed by atoms with Gasteiger partial charge in [-0.25, -0.2) is 0 Å². The van der Waals surface area contributed by atoms with E-state index in [1.807, 2.05) is 0 Å². The molecule has 0 spiro atoms. The standard InChI is InChI=1S/C29H34N2/c1-7-21-17-18-27(30(4)5)26-15-8-11-22(29(21)26)19-31(6)28-16-10-13-24-23(20(2)3)12-9-14-25(24)28/h8-18,20H,7,19H2,1-6H3. The molecular formula is C29H34N2. The van der Waals surface area contributed by atoms with Gasteiger partial charge in [0.15, 0.2) is 0 Å². The Morgan fingerprint density at radius 3 is 2.06 bits per heavy atom. The van der Waals surface area contributed by atoms with Crippen LogP contribution in [-0.4, -0.2) is 21.1 Å². The van der Waals surface area contributed by atoms with Gasteiger partial charge >= 0.3 is 0 Å². The summed E-state index contributed by atoms with van der Waals surface area (Å²) >= 11 is 0. The number of hydrogen-bond donors (Lipinski definition) is 0. The number of aryl methyl sites for hydroxylation is 1. The first-order valence-electron chi connectivity index (χ1n) is 11.4. The van der Waals surface area contributed by atoms with E-state index < -0.39 is 0 Å². The van der Waals surface area contributed by atoms with Gasteiger partial charge in [0, 0.05) is 49.8 Å². The summed E-state index contributed by atoms with van der Waals surface area (Å²) in [5.41, 5.74) is 6.80. The molecule has 160 valence electrons. The van der Waals surface area contributed by atoms with Gasteiger partial charge in [0.2, 0.25) is 0 Å². The van der Waals surface area contributed by atoms with Gasteiger partial charge < -0.3 is 9.80 Å². The van der Waals surface area contributed by atoms with Crippen molar-refractivity contribution in [3.05, 3.63) is 83.4 Å².